The summed E-state index contributed by atoms with van der Waals surface area (Å²) in [7, 11) is 0. The van der Waals surface area contributed by atoms with Crippen LogP contribution in [0.15, 0.2) is 23.8 Å². The van der Waals surface area contributed by atoms with Gasteiger partial charge in [0.25, 0.3) is 0 Å². The van der Waals surface area contributed by atoms with Crippen molar-refractivity contribution in [2.75, 3.05) is 0 Å². The minimum Gasteiger partial charge on any atom is -0.507 e. The molecule has 3 heteroatoms. The van der Waals surface area contributed by atoms with Crippen LogP contribution in [0.25, 0.3) is 0 Å². The van der Waals surface area contributed by atoms with Gasteiger partial charge in [-0.05, 0) is 54.9 Å². The molecule has 0 radical (unpaired) electrons. The minimum atomic E-state index is -0.401. The highest BCUT2D eigenvalue weighted by Crippen LogP contribution is 2.44. The highest BCUT2D eigenvalue weighted by Gasteiger charge is 2.27. The summed E-state index contributed by atoms with van der Waals surface area (Å²) in [5.74, 6) is 0.300. The molecular weight excluding hydrogens is 348 g/mol. The highest BCUT2D eigenvalue weighted by atomic mass is 16.3. The quantitative estimate of drug-likeness (QED) is 0.349. The van der Waals surface area contributed by atoms with E-state index >= 15 is 0 Å². The number of phenols is 2. The lowest BCUT2D eigenvalue weighted by molar-refractivity contribution is 0.187. The van der Waals surface area contributed by atoms with Crippen LogP contribution in [-0.2, 0) is 5.41 Å². The molecule has 0 spiro atoms. The van der Waals surface area contributed by atoms with Gasteiger partial charge >= 0.3 is 0 Å². The predicted octanol–water partition coefficient (Wildman–Crippen LogP) is 6.95. The van der Waals surface area contributed by atoms with Crippen LogP contribution in [0.4, 0.5) is 0 Å². The SMILES string of the molecule is CCC.CCCCCCC(C)(C)c1cc(O)c(C2C=C(C)C(O)CC2)c(O)c1. The third-order valence-electron chi connectivity index (χ3n) is 5.68. The van der Waals surface area contributed by atoms with E-state index in [0.29, 0.717) is 12.0 Å². The molecule has 28 heavy (non-hydrogen) atoms. The zero-order valence-corrected chi connectivity index (χ0v) is 18.9. The van der Waals surface area contributed by atoms with Gasteiger partial charge in [0.2, 0.25) is 0 Å². The lowest BCUT2D eigenvalue weighted by Gasteiger charge is -2.29. The molecule has 3 nitrogen and oxygen atoms in total. The number of aromatic hydroxyl groups is 2. The van der Waals surface area contributed by atoms with E-state index in [-0.39, 0.29) is 22.8 Å². The molecule has 1 aliphatic carbocycles. The topological polar surface area (TPSA) is 60.7 Å². The number of hydrogen-bond acceptors (Lipinski definition) is 3. The van der Waals surface area contributed by atoms with Gasteiger partial charge in [-0.2, -0.15) is 0 Å². The van der Waals surface area contributed by atoms with Crippen LogP contribution >= 0.6 is 0 Å². The number of unbranched alkanes of at least 4 members (excludes halogenated alkanes) is 3. The van der Waals surface area contributed by atoms with Crippen LogP contribution in [0.3, 0.4) is 0 Å². The van der Waals surface area contributed by atoms with Crippen molar-refractivity contribution < 1.29 is 15.3 Å². The fourth-order valence-electron chi connectivity index (χ4n) is 3.84. The number of allylic oxidation sites excluding steroid dienone is 1. The van der Waals surface area contributed by atoms with E-state index in [1.807, 2.05) is 25.1 Å². The van der Waals surface area contributed by atoms with Crippen molar-refractivity contribution in [2.24, 2.45) is 0 Å². The number of hydrogen-bond donors (Lipinski definition) is 3. The summed E-state index contributed by atoms with van der Waals surface area (Å²) in [4.78, 5) is 0. The Kier molecular flexibility index (Phi) is 10.1. The van der Waals surface area contributed by atoms with Crippen molar-refractivity contribution in [2.45, 2.75) is 110 Å². The number of aliphatic hydroxyl groups excluding tert-OH is 1. The average molecular weight is 391 g/mol. The summed E-state index contributed by atoms with van der Waals surface area (Å²) >= 11 is 0. The van der Waals surface area contributed by atoms with E-state index in [2.05, 4.69) is 34.6 Å². The number of phenolic OH excluding ortho intramolecular Hbond substituents is 2. The van der Waals surface area contributed by atoms with Crippen molar-refractivity contribution in [3.8, 4) is 11.5 Å². The summed E-state index contributed by atoms with van der Waals surface area (Å²) in [6.45, 7) is 12.7. The first kappa shape index (κ1) is 24.6. The molecule has 2 atom stereocenters. The second-order valence-electron chi connectivity index (χ2n) is 8.94. The Morgan fingerprint density at radius 1 is 0.964 bits per heavy atom. The van der Waals surface area contributed by atoms with Gasteiger partial charge in [-0.1, -0.05) is 72.8 Å². The first-order valence-electron chi connectivity index (χ1n) is 11.1. The van der Waals surface area contributed by atoms with E-state index in [9.17, 15) is 15.3 Å². The standard InChI is InChI=1S/C22H34O3.C3H8/c1-5-6-7-8-11-22(3,4)17-13-19(24)21(20(25)14-17)16-9-10-18(23)15(2)12-16;1-3-2/h12-14,16,18,23-25H,5-11H2,1-4H3;3H2,1-2H3. The van der Waals surface area contributed by atoms with Gasteiger partial charge in [0.1, 0.15) is 11.5 Å². The molecule has 2 unspecified atom stereocenters. The maximum absolute atomic E-state index is 10.6. The van der Waals surface area contributed by atoms with Crippen molar-refractivity contribution in [3.05, 3.63) is 34.9 Å². The van der Waals surface area contributed by atoms with Crippen molar-refractivity contribution in [3.63, 3.8) is 0 Å². The fraction of sp³-hybridized carbons (Fsp3) is 0.680. The van der Waals surface area contributed by atoms with Crippen LogP contribution in [0.2, 0.25) is 0 Å². The second-order valence-corrected chi connectivity index (χ2v) is 8.94. The average Bonchev–Trinajstić information content (AvgIpc) is 2.62. The molecule has 1 aliphatic rings. The lowest BCUT2D eigenvalue weighted by Crippen LogP contribution is -2.18. The van der Waals surface area contributed by atoms with Crippen LogP contribution in [0.1, 0.15) is 110 Å². The maximum Gasteiger partial charge on any atom is 0.123 e. The number of benzene rings is 1. The number of aliphatic hydroxyl groups is 1. The fourth-order valence-corrected chi connectivity index (χ4v) is 3.84. The number of rotatable bonds is 7. The van der Waals surface area contributed by atoms with Crippen molar-refractivity contribution >= 4 is 0 Å². The van der Waals surface area contributed by atoms with Gasteiger partial charge in [0.05, 0.1) is 6.10 Å². The largest absolute Gasteiger partial charge is 0.507 e. The van der Waals surface area contributed by atoms with E-state index < -0.39 is 6.10 Å². The van der Waals surface area contributed by atoms with Crippen molar-refractivity contribution in [1.29, 1.82) is 0 Å². The molecule has 0 bridgehead atoms. The molecule has 3 N–H and O–H groups in total. The van der Waals surface area contributed by atoms with Gasteiger partial charge in [0.15, 0.2) is 0 Å². The van der Waals surface area contributed by atoms with Gasteiger partial charge in [-0.3, -0.25) is 0 Å². The van der Waals surface area contributed by atoms with E-state index in [1.54, 1.807) is 0 Å². The molecule has 0 saturated heterocycles. The first-order valence-corrected chi connectivity index (χ1v) is 11.1. The van der Waals surface area contributed by atoms with Gasteiger partial charge in [-0.25, -0.2) is 0 Å². The Balaban J connectivity index is 0.00000122. The van der Waals surface area contributed by atoms with Crippen LogP contribution in [-0.4, -0.2) is 21.4 Å². The summed E-state index contributed by atoms with van der Waals surface area (Å²) in [6.07, 6.45) is 10.1. The lowest BCUT2D eigenvalue weighted by atomic mass is 9.77. The smallest absolute Gasteiger partial charge is 0.123 e. The van der Waals surface area contributed by atoms with Crippen LogP contribution < -0.4 is 0 Å². The summed E-state index contributed by atoms with van der Waals surface area (Å²) in [5, 5.41) is 31.1. The molecule has 160 valence electrons. The first-order chi connectivity index (χ1) is 13.2. The Labute approximate surface area is 172 Å². The predicted molar refractivity (Wildman–Crippen MR) is 119 cm³/mol. The Morgan fingerprint density at radius 3 is 2.04 bits per heavy atom. The Morgan fingerprint density at radius 2 is 1.54 bits per heavy atom. The third kappa shape index (κ3) is 6.84. The normalized spacial score (nSPS) is 19.6. The zero-order valence-electron chi connectivity index (χ0n) is 18.9. The molecule has 0 aliphatic heterocycles. The zero-order chi connectivity index (χ0) is 21.3. The van der Waals surface area contributed by atoms with Crippen LogP contribution in [0, 0.1) is 0 Å². The molecule has 0 aromatic heterocycles. The van der Waals surface area contributed by atoms with Gasteiger partial charge in [0, 0.05) is 11.5 Å². The molecular formula is C25H42O3. The summed E-state index contributed by atoms with van der Waals surface area (Å²) < 4.78 is 0. The molecule has 0 amide bonds. The highest BCUT2D eigenvalue weighted by molar-refractivity contribution is 5.52. The van der Waals surface area contributed by atoms with E-state index in [1.165, 1.54) is 25.7 Å². The minimum absolute atomic E-state index is 0.0369. The Bertz CT molecular complexity index is 608. The Hall–Kier alpha value is -1.48. The molecule has 0 saturated carbocycles. The molecule has 0 fully saturated rings. The van der Waals surface area contributed by atoms with Crippen molar-refractivity contribution in [1.82, 2.24) is 0 Å². The maximum atomic E-state index is 10.6. The third-order valence-corrected chi connectivity index (χ3v) is 5.68. The van der Waals surface area contributed by atoms with Crippen LogP contribution in [0.5, 0.6) is 11.5 Å². The molecule has 0 heterocycles. The molecule has 2 rings (SSSR count). The van der Waals surface area contributed by atoms with E-state index in [4.69, 9.17) is 0 Å². The molecule has 1 aromatic rings. The summed E-state index contributed by atoms with van der Waals surface area (Å²) in [5.41, 5.74) is 2.42. The summed E-state index contributed by atoms with van der Waals surface area (Å²) in [6, 6.07) is 3.65. The second kappa shape index (κ2) is 11.5. The van der Waals surface area contributed by atoms with E-state index in [0.717, 1.165) is 30.4 Å². The molecule has 1 aromatic carbocycles. The van der Waals surface area contributed by atoms with Gasteiger partial charge in [-0.15, -0.1) is 0 Å². The van der Waals surface area contributed by atoms with Gasteiger partial charge < -0.3 is 15.3 Å². The monoisotopic (exact) mass is 390 g/mol.